The fourth-order valence-corrected chi connectivity index (χ4v) is 4.39. The van der Waals surface area contributed by atoms with Gasteiger partial charge in [0.2, 0.25) is 0 Å². The van der Waals surface area contributed by atoms with Crippen LogP contribution >= 0.6 is 23.2 Å². The Hall–Kier alpha value is -3.03. The second kappa shape index (κ2) is 8.15. The summed E-state index contributed by atoms with van der Waals surface area (Å²) >= 11 is 12.8. The third-order valence-electron chi connectivity index (χ3n) is 5.66. The lowest BCUT2D eigenvalue weighted by Crippen LogP contribution is -2.40. The fourth-order valence-electron chi connectivity index (χ4n) is 3.83. The van der Waals surface area contributed by atoms with Gasteiger partial charge in [0.25, 0.3) is 5.91 Å². The molecule has 1 N–H and O–H groups in total. The number of rotatable bonds is 5. The maximum Gasteiger partial charge on any atom is 0.347 e. The Morgan fingerprint density at radius 2 is 1.91 bits per heavy atom. The molecule has 32 heavy (non-hydrogen) atoms. The lowest BCUT2D eigenvalue weighted by atomic mass is 9.98. The molecule has 2 aromatic rings. The maximum atomic E-state index is 12.8. The van der Waals surface area contributed by atoms with Gasteiger partial charge in [0, 0.05) is 18.7 Å². The first kappa shape index (κ1) is 20.8. The number of nitrogens with zero attached hydrogens (tertiary/aromatic N) is 3. The summed E-state index contributed by atoms with van der Waals surface area (Å²) in [5, 5.41) is 8.19. The molecule has 2 aromatic carbocycles. The molecule has 3 amide bonds. The van der Waals surface area contributed by atoms with Gasteiger partial charge in [-0.25, -0.2) is 4.79 Å². The van der Waals surface area contributed by atoms with Crippen molar-refractivity contribution in [2.45, 2.75) is 19.3 Å². The third-order valence-corrected chi connectivity index (χ3v) is 6.22. The number of carbonyl (C=O) groups excluding carboxylic acids is 2. The summed E-state index contributed by atoms with van der Waals surface area (Å²) in [4.78, 5) is 26.9. The molecule has 5 rings (SSSR count). The number of hydrogen-bond acceptors (Lipinski definition) is 4. The molecule has 7 nitrogen and oxygen atoms in total. The number of urea groups is 1. The summed E-state index contributed by atoms with van der Waals surface area (Å²) in [5.74, 6) is 1.54. The quantitative estimate of drug-likeness (QED) is 0.650. The summed E-state index contributed by atoms with van der Waals surface area (Å²) in [6.07, 6.45) is 4.63. The Labute approximate surface area is 195 Å². The van der Waals surface area contributed by atoms with E-state index in [1.165, 1.54) is 19.1 Å². The topological polar surface area (TPSA) is 74.2 Å². The number of halogens is 2. The number of ether oxygens (including phenoxy) is 1. The molecule has 0 aromatic heterocycles. The van der Waals surface area contributed by atoms with Gasteiger partial charge < -0.3 is 15.0 Å². The number of allylic oxidation sites excluding steroid dienone is 1. The Morgan fingerprint density at radius 1 is 1.16 bits per heavy atom. The minimum atomic E-state index is -0.464. The van der Waals surface area contributed by atoms with Crippen molar-refractivity contribution in [3.8, 4) is 11.5 Å². The summed E-state index contributed by atoms with van der Waals surface area (Å²) in [6, 6.07) is 8.02. The molecule has 0 saturated heterocycles. The number of carbonyl (C=O) groups is 2. The second-order valence-electron chi connectivity index (χ2n) is 8.12. The van der Waals surface area contributed by atoms with E-state index in [2.05, 4.69) is 17.0 Å². The molecule has 2 heterocycles. The van der Waals surface area contributed by atoms with Gasteiger partial charge in [0.1, 0.15) is 5.75 Å². The van der Waals surface area contributed by atoms with Crippen molar-refractivity contribution < 1.29 is 14.3 Å². The van der Waals surface area contributed by atoms with Crippen LogP contribution in [0.25, 0.3) is 0 Å². The Bertz CT molecular complexity index is 1150. The number of anilines is 1. The zero-order valence-corrected chi connectivity index (χ0v) is 18.6. The minimum Gasteiger partial charge on any atom is -0.454 e. The number of fused-ring (bicyclic) bond motifs is 1. The predicted molar refractivity (Wildman–Crippen MR) is 124 cm³/mol. The highest BCUT2D eigenvalue weighted by molar-refractivity contribution is 6.37. The molecule has 164 valence electrons. The first-order valence-corrected chi connectivity index (χ1v) is 11.1. The first-order valence-electron chi connectivity index (χ1n) is 10.3. The van der Waals surface area contributed by atoms with Crippen molar-refractivity contribution >= 4 is 47.0 Å². The molecule has 1 aliphatic carbocycles. The SMILES string of the molecule is C=C1C=NN(c2cc(Cl)c(Oc3ccc4c(c3)CCN(CC3CC3)C4=O)c(Cl)c2)C(=O)N1. The molecule has 0 atom stereocenters. The van der Waals surface area contributed by atoms with E-state index >= 15 is 0 Å². The Balaban J connectivity index is 1.36. The van der Waals surface area contributed by atoms with E-state index in [-0.39, 0.29) is 21.7 Å². The van der Waals surface area contributed by atoms with Gasteiger partial charge in [0.15, 0.2) is 5.75 Å². The van der Waals surface area contributed by atoms with E-state index in [9.17, 15) is 9.59 Å². The largest absolute Gasteiger partial charge is 0.454 e. The van der Waals surface area contributed by atoms with E-state index in [1.807, 2.05) is 11.0 Å². The molecule has 1 fully saturated rings. The van der Waals surface area contributed by atoms with E-state index in [0.717, 1.165) is 23.5 Å². The maximum absolute atomic E-state index is 12.8. The van der Waals surface area contributed by atoms with Crippen LogP contribution in [0.15, 0.2) is 47.7 Å². The number of benzene rings is 2. The van der Waals surface area contributed by atoms with Gasteiger partial charge in [0.05, 0.1) is 27.6 Å². The van der Waals surface area contributed by atoms with Crippen molar-refractivity contribution in [3.63, 3.8) is 0 Å². The fraction of sp³-hybridized carbons (Fsp3) is 0.261. The van der Waals surface area contributed by atoms with Gasteiger partial charge in [-0.05, 0) is 61.1 Å². The smallest absolute Gasteiger partial charge is 0.347 e. The van der Waals surface area contributed by atoms with Crippen LogP contribution < -0.4 is 15.1 Å². The standard InChI is InChI=1S/C23H20Cl2N4O3/c1-13-11-26-29(23(31)27-13)16-9-19(24)21(20(25)10-16)32-17-4-5-18-15(8-17)6-7-28(22(18)30)12-14-2-3-14/h4-5,8-11,14H,1-3,6-7,12H2,(H,27,31). The highest BCUT2D eigenvalue weighted by Crippen LogP contribution is 2.41. The second-order valence-corrected chi connectivity index (χ2v) is 8.93. The van der Waals surface area contributed by atoms with E-state index in [1.54, 1.807) is 24.3 Å². The molecule has 9 heteroatoms. The summed E-state index contributed by atoms with van der Waals surface area (Å²) in [7, 11) is 0. The zero-order chi connectivity index (χ0) is 22.4. The van der Waals surface area contributed by atoms with Crippen LogP contribution in [0.3, 0.4) is 0 Å². The molecular formula is C23H20Cl2N4O3. The Morgan fingerprint density at radius 3 is 2.59 bits per heavy atom. The van der Waals surface area contributed by atoms with Crippen molar-refractivity contribution in [2.24, 2.45) is 11.0 Å². The van der Waals surface area contributed by atoms with Gasteiger partial charge in [-0.3, -0.25) is 4.79 Å². The molecule has 0 radical (unpaired) electrons. The van der Waals surface area contributed by atoms with Gasteiger partial charge in [-0.15, -0.1) is 0 Å². The molecule has 2 aliphatic heterocycles. The first-order chi connectivity index (χ1) is 15.4. The van der Waals surface area contributed by atoms with Gasteiger partial charge >= 0.3 is 6.03 Å². The molecular weight excluding hydrogens is 451 g/mol. The normalized spacial score (nSPS) is 18.0. The van der Waals surface area contributed by atoms with Crippen LogP contribution in [-0.2, 0) is 6.42 Å². The lowest BCUT2D eigenvalue weighted by Gasteiger charge is -2.29. The monoisotopic (exact) mass is 470 g/mol. The predicted octanol–water partition coefficient (Wildman–Crippen LogP) is 5.22. The van der Waals surface area contributed by atoms with Crippen molar-refractivity contribution in [1.29, 1.82) is 0 Å². The molecule has 1 saturated carbocycles. The van der Waals surface area contributed by atoms with E-state index in [4.69, 9.17) is 27.9 Å². The molecule has 3 aliphatic rings. The van der Waals surface area contributed by atoms with Crippen molar-refractivity contribution in [3.05, 3.63) is 63.8 Å². The van der Waals surface area contributed by atoms with Crippen LogP contribution in [0.5, 0.6) is 11.5 Å². The molecule has 0 unspecified atom stereocenters. The molecule has 0 spiro atoms. The van der Waals surface area contributed by atoms with Crippen LogP contribution in [0.1, 0.15) is 28.8 Å². The zero-order valence-electron chi connectivity index (χ0n) is 17.1. The van der Waals surface area contributed by atoms with E-state index < -0.39 is 6.03 Å². The summed E-state index contributed by atoms with van der Waals surface area (Å²) in [5.41, 5.74) is 2.45. The lowest BCUT2D eigenvalue weighted by molar-refractivity contribution is 0.0731. The third kappa shape index (κ3) is 4.06. The highest BCUT2D eigenvalue weighted by atomic mass is 35.5. The highest BCUT2D eigenvalue weighted by Gasteiger charge is 2.31. The number of amides is 3. The number of hydrogen-bond donors (Lipinski definition) is 1. The van der Waals surface area contributed by atoms with Crippen molar-refractivity contribution in [2.75, 3.05) is 18.1 Å². The minimum absolute atomic E-state index is 0.0770. The summed E-state index contributed by atoms with van der Waals surface area (Å²) in [6.45, 7) is 5.20. The van der Waals surface area contributed by atoms with Crippen LogP contribution in [-0.4, -0.2) is 36.1 Å². The number of hydrazone groups is 1. The molecule has 0 bridgehead atoms. The summed E-state index contributed by atoms with van der Waals surface area (Å²) < 4.78 is 5.97. The van der Waals surface area contributed by atoms with Gasteiger partial charge in [-0.2, -0.15) is 10.1 Å². The van der Waals surface area contributed by atoms with Crippen LogP contribution in [0.2, 0.25) is 10.0 Å². The van der Waals surface area contributed by atoms with Crippen molar-refractivity contribution in [1.82, 2.24) is 10.2 Å². The Kier molecular flexibility index (Phi) is 5.31. The number of nitrogens with one attached hydrogen (secondary N) is 1. The van der Waals surface area contributed by atoms with Crippen LogP contribution in [0, 0.1) is 5.92 Å². The average Bonchev–Trinajstić information content (AvgIpc) is 3.57. The van der Waals surface area contributed by atoms with Crippen LogP contribution in [0.4, 0.5) is 10.5 Å². The van der Waals surface area contributed by atoms with Gasteiger partial charge in [-0.1, -0.05) is 29.8 Å². The van der Waals surface area contributed by atoms with E-state index in [0.29, 0.717) is 35.2 Å². The average molecular weight is 471 g/mol.